The smallest absolute Gasteiger partial charge is 0.129 e. The second kappa shape index (κ2) is 5.39. The number of halogens is 3. The van der Waals surface area contributed by atoms with Crippen molar-refractivity contribution >= 4 is 12.4 Å². The molecule has 1 aliphatic rings. The van der Waals surface area contributed by atoms with Crippen molar-refractivity contribution in [3.8, 4) is 0 Å². The van der Waals surface area contributed by atoms with Crippen molar-refractivity contribution in [1.29, 1.82) is 0 Å². The Bertz CT molecular complexity index is 329. The van der Waals surface area contributed by atoms with Crippen molar-refractivity contribution in [1.82, 2.24) is 5.32 Å². The molecule has 5 heteroatoms. The van der Waals surface area contributed by atoms with Crippen molar-refractivity contribution in [2.24, 2.45) is 0 Å². The lowest BCUT2D eigenvalue weighted by atomic mass is 10.1. The summed E-state index contributed by atoms with van der Waals surface area (Å²) >= 11 is 0. The van der Waals surface area contributed by atoms with Crippen LogP contribution in [-0.2, 0) is 4.74 Å². The molecule has 1 N–H and O–H groups in total. The second-order valence-corrected chi connectivity index (χ2v) is 3.23. The Balaban J connectivity index is 0.00000112. The molecule has 0 amide bonds. The van der Waals surface area contributed by atoms with E-state index in [0.29, 0.717) is 13.2 Å². The van der Waals surface area contributed by atoms with Crippen LogP contribution in [0.4, 0.5) is 8.78 Å². The normalized spacial score (nSPS) is 20.8. The summed E-state index contributed by atoms with van der Waals surface area (Å²) in [6, 6.07) is 3.42. The fourth-order valence-corrected chi connectivity index (χ4v) is 1.53. The molecule has 0 bridgehead atoms. The van der Waals surface area contributed by atoms with Crippen molar-refractivity contribution in [3.63, 3.8) is 0 Å². The van der Waals surface area contributed by atoms with E-state index in [-0.39, 0.29) is 24.1 Å². The van der Waals surface area contributed by atoms with Gasteiger partial charge in [0.05, 0.1) is 12.7 Å². The number of benzene rings is 1. The maximum atomic E-state index is 13.3. The monoisotopic (exact) mass is 235 g/mol. The highest BCUT2D eigenvalue weighted by molar-refractivity contribution is 5.85. The van der Waals surface area contributed by atoms with Gasteiger partial charge in [0.25, 0.3) is 0 Å². The number of hydrogen-bond acceptors (Lipinski definition) is 2. The number of ether oxygens (including phenoxy) is 1. The van der Waals surface area contributed by atoms with Crippen LogP contribution < -0.4 is 5.32 Å². The number of hydrogen-bond donors (Lipinski definition) is 1. The third-order valence-corrected chi connectivity index (χ3v) is 2.23. The Labute approximate surface area is 93.0 Å². The summed E-state index contributed by atoms with van der Waals surface area (Å²) in [7, 11) is 0. The summed E-state index contributed by atoms with van der Waals surface area (Å²) in [6.45, 7) is 1.81. The van der Waals surface area contributed by atoms with E-state index in [0.717, 1.165) is 18.7 Å². The van der Waals surface area contributed by atoms with Crippen LogP contribution in [0.5, 0.6) is 0 Å². The van der Waals surface area contributed by atoms with Crippen molar-refractivity contribution < 1.29 is 13.5 Å². The van der Waals surface area contributed by atoms with Gasteiger partial charge in [-0.25, -0.2) is 8.78 Å². The predicted molar refractivity (Wildman–Crippen MR) is 55.2 cm³/mol. The Hall–Kier alpha value is -0.710. The number of nitrogens with one attached hydrogen (secondary N) is 1. The van der Waals surface area contributed by atoms with Gasteiger partial charge in [0.2, 0.25) is 0 Å². The molecule has 1 aliphatic heterocycles. The highest BCUT2D eigenvalue weighted by Crippen LogP contribution is 2.22. The lowest BCUT2D eigenvalue weighted by Crippen LogP contribution is -2.33. The van der Waals surface area contributed by atoms with Crippen LogP contribution in [0.2, 0.25) is 0 Å². The lowest BCUT2D eigenvalue weighted by Gasteiger charge is -2.24. The average molecular weight is 236 g/mol. The van der Waals surface area contributed by atoms with Crippen LogP contribution in [-0.4, -0.2) is 19.7 Å². The zero-order valence-electron chi connectivity index (χ0n) is 8.00. The molecule has 2 rings (SSSR count). The van der Waals surface area contributed by atoms with Gasteiger partial charge in [0, 0.05) is 18.7 Å². The van der Waals surface area contributed by atoms with Crippen LogP contribution in [0.1, 0.15) is 11.7 Å². The first-order valence-corrected chi connectivity index (χ1v) is 4.54. The van der Waals surface area contributed by atoms with Gasteiger partial charge < -0.3 is 10.1 Å². The molecule has 15 heavy (non-hydrogen) atoms. The fourth-order valence-electron chi connectivity index (χ4n) is 1.53. The summed E-state index contributed by atoms with van der Waals surface area (Å²) in [5, 5.41) is 3.07. The quantitative estimate of drug-likeness (QED) is 0.805. The molecule has 1 atom stereocenters. The standard InChI is InChI=1S/C10H11F2NO.ClH/c11-7-1-2-9(12)8(5-7)10-6-13-3-4-14-10;/h1-2,5,10,13H,3-4,6H2;1H. The minimum absolute atomic E-state index is 0. The molecular formula is C10H12ClF2NO. The molecule has 1 aromatic carbocycles. The molecule has 1 aromatic rings. The van der Waals surface area contributed by atoms with Gasteiger partial charge in [-0.2, -0.15) is 0 Å². The van der Waals surface area contributed by atoms with E-state index < -0.39 is 11.6 Å². The van der Waals surface area contributed by atoms with Gasteiger partial charge in [0.1, 0.15) is 11.6 Å². The van der Waals surface area contributed by atoms with Gasteiger partial charge in [-0.3, -0.25) is 0 Å². The minimum atomic E-state index is -0.435. The molecular weight excluding hydrogens is 224 g/mol. The summed E-state index contributed by atoms with van der Waals surface area (Å²) in [4.78, 5) is 0. The molecule has 0 saturated carbocycles. The first-order chi connectivity index (χ1) is 6.77. The highest BCUT2D eigenvalue weighted by atomic mass is 35.5. The Morgan fingerprint density at radius 2 is 2.13 bits per heavy atom. The topological polar surface area (TPSA) is 21.3 Å². The van der Waals surface area contributed by atoms with Gasteiger partial charge >= 0.3 is 0 Å². The third-order valence-electron chi connectivity index (χ3n) is 2.23. The van der Waals surface area contributed by atoms with Crippen LogP contribution in [0.15, 0.2) is 18.2 Å². The zero-order chi connectivity index (χ0) is 9.97. The average Bonchev–Trinajstić information content (AvgIpc) is 2.23. The van der Waals surface area contributed by atoms with Crippen LogP contribution in [0.3, 0.4) is 0 Å². The summed E-state index contributed by atoms with van der Waals surface area (Å²) in [5.41, 5.74) is 0.289. The van der Waals surface area contributed by atoms with Crippen molar-refractivity contribution in [2.75, 3.05) is 19.7 Å². The maximum absolute atomic E-state index is 13.3. The third kappa shape index (κ3) is 2.87. The molecule has 0 aliphatic carbocycles. The summed E-state index contributed by atoms with van der Waals surface area (Å²) in [6.07, 6.45) is -0.376. The molecule has 1 unspecified atom stereocenters. The largest absolute Gasteiger partial charge is 0.371 e. The summed E-state index contributed by atoms with van der Waals surface area (Å²) in [5.74, 6) is -0.851. The molecule has 1 saturated heterocycles. The maximum Gasteiger partial charge on any atom is 0.129 e. The highest BCUT2D eigenvalue weighted by Gasteiger charge is 2.19. The van der Waals surface area contributed by atoms with E-state index in [1.54, 1.807) is 0 Å². The molecule has 2 nitrogen and oxygen atoms in total. The Morgan fingerprint density at radius 1 is 1.33 bits per heavy atom. The zero-order valence-corrected chi connectivity index (χ0v) is 8.82. The van der Waals surface area contributed by atoms with E-state index in [9.17, 15) is 8.78 Å². The molecule has 84 valence electrons. The number of morpholine rings is 1. The Morgan fingerprint density at radius 3 is 2.80 bits per heavy atom. The van der Waals surface area contributed by atoms with E-state index in [1.165, 1.54) is 6.07 Å². The van der Waals surface area contributed by atoms with E-state index in [2.05, 4.69) is 5.32 Å². The molecule has 0 radical (unpaired) electrons. The molecule has 0 aromatic heterocycles. The van der Waals surface area contributed by atoms with Gasteiger partial charge in [-0.1, -0.05) is 0 Å². The van der Waals surface area contributed by atoms with Crippen molar-refractivity contribution in [3.05, 3.63) is 35.4 Å². The Kier molecular flexibility index (Phi) is 4.45. The second-order valence-electron chi connectivity index (χ2n) is 3.23. The molecule has 1 fully saturated rings. The molecule has 0 spiro atoms. The predicted octanol–water partition coefficient (Wildman–Crippen LogP) is 2.05. The van der Waals surface area contributed by atoms with Crippen molar-refractivity contribution in [2.45, 2.75) is 6.10 Å². The van der Waals surface area contributed by atoms with Crippen LogP contribution in [0, 0.1) is 11.6 Å². The first-order valence-electron chi connectivity index (χ1n) is 4.54. The van der Waals surface area contributed by atoms with Crippen LogP contribution in [0.25, 0.3) is 0 Å². The lowest BCUT2D eigenvalue weighted by molar-refractivity contribution is 0.0253. The fraction of sp³-hybridized carbons (Fsp3) is 0.400. The first kappa shape index (κ1) is 12.4. The SMILES string of the molecule is Cl.Fc1ccc(F)c(C2CNCCO2)c1. The van der Waals surface area contributed by atoms with Crippen LogP contribution >= 0.6 is 12.4 Å². The van der Waals surface area contributed by atoms with E-state index in [1.807, 2.05) is 0 Å². The summed E-state index contributed by atoms with van der Waals surface area (Å²) < 4.78 is 31.5. The van der Waals surface area contributed by atoms with Gasteiger partial charge in [0.15, 0.2) is 0 Å². The molecule has 1 heterocycles. The van der Waals surface area contributed by atoms with Gasteiger partial charge in [-0.15, -0.1) is 12.4 Å². The van der Waals surface area contributed by atoms with Gasteiger partial charge in [-0.05, 0) is 18.2 Å². The number of rotatable bonds is 1. The minimum Gasteiger partial charge on any atom is -0.371 e. The van der Waals surface area contributed by atoms with E-state index >= 15 is 0 Å². The van der Waals surface area contributed by atoms with E-state index in [4.69, 9.17) is 4.74 Å².